The molecule has 0 bridgehead atoms. The van der Waals surface area contributed by atoms with E-state index in [1.165, 1.54) is 44.2 Å². The van der Waals surface area contributed by atoms with Gasteiger partial charge in [0.15, 0.2) is 0 Å². The summed E-state index contributed by atoms with van der Waals surface area (Å²) in [5, 5.41) is 7.85. The fraction of sp³-hybridized carbons (Fsp3) is 0.0536. The van der Waals surface area contributed by atoms with E-state index in [1.54, 1.807) is 0 Å². The van der Waals surface area contributed by atoms with E-state index in [2.05, 4.69) is 236 Å². The van der Waals surface area contributed by atoms with Crippen molar-refractivity contribution in [2.24, 2.45) is 0 Å². The van der Waals surface area contributed by atoms with Gasteiger partial charge in [0.05, 0.1) is 11.2 Å². The molecule has 0 spiro atoms. The fourth-order valence-electron chi connectivity index (χ4n) is 9.26. The molecule has 8 aromatic carbocycles. The van der Waals surface area contributed by atoms with Gasteiger partial charge in [0.1, 0.15) is 5.69 Å². The van der Waals surface area contributed by atoms with Crippen LogP contribution in [0.15, 0.2) is 212 Å². The molecule has 2 heterocycles. The average molecular weight is 756 g/mol. The fourth-order valence-corrected chi connectivity index (χ4v) is 9.26. The van der Waals surface area contributed by atoms with Crippen LogP contribution < -0.4 is 4.90 Å². The summed E-state index contributed by atoms with van der Waals surface area (Å²) in [7, 11) is 0. The molecule has 0 amide bonds. The van der Waals surface area contributed by atoms with E-state index >= 15 is 0 Å². The molecule has 2 aromatic heterocycles. The van der Waals surface area contributed by atoms with Gasteiger partial charge in [-0.25, -0.2) is 4.52 Å². The van der Waals surface area contributed by atoms with Crippen LogP contribution in [-0.2, 0) is 5.41 Å². The standard InChI is InChI=1S/C56H41N3/c1-56(2)50-25-15-14-24-48(50)49-35-34-46(37-51(49)56)58(44-30-26-39(27-31-44)38-16-6-3-7-17-38)45-32-28-42(29-33-45)54-53(41-20-10-5-11-21-41)55-47-23-13-12-22-43(47)36-52(59(55)57-54)40-18-8-4-9-19-40/h3-37H,1-2H3. The Kier molecular flexibility index (Phi) is 8.16. The van der Waals surface area contributed by atoms with Crippen molar-refractivity contribution >= 4 is 33.4 Å². The van der Waals surface area contributed by atoms with Gasteiger partial charge in [-0.1, -0.05) is 184 Å². The second kappa shape index (κ2) is 13.9. The molecule has 0 radical (unpaired) electrons. The molecule has 0 aliphatic heterocycles. The number of aromatic nitrogens is 2. The normalized spacial score (nSPS) is 12.7. The number of fused-ring (bicyclic) bond motifs is 6. The quantitative estimate of drug-likeness (QED) is 0.161. The van der Waals surface area contributed by atoms with Gasteiger partial charge in [-0.05, 0) is 86.8 Å². The summed E-state index contributed by atoms with van der Waals surface area (Å²) in [6.45, 7) is 4.70. The number of hydrogen-bond acceptors (Lipinski definition) is 2. The van der Waals surface area contributed by atoms with Crippen molar-refractivity contribution in [3.05, 3.63) is 223 Å². The van der Waals surface area contributed by atoms with Crippen molar-refractivity contribution in [2.45, 2.75) is 19.3 Å². The Morgan fingerprint density at radius 2 is 0.949 bits per heavy atom. The van der Waals surface area contributed by atoms with Crippen LogP contribution in [0.5, 0.6) is 0 Å². The topological polar surface area (TPSA) is 20.5 Å². The first-order valence-electron chi connectivity index (χ1n) is 20.4. The number of nitrogens with zero attached hydrogens (tertiary/aromatic N) is 3. The summed E-state index contributed by atoms with van der Waals surface area (Å²) in [5.41, 5.74) is 18.5. The highest BCUT2D eigenvalue weighted by Crippen LogP contribution is 2.51. The third-order valence-electron chi connectivity index (χ3n) is 12.2. The highest BCUT2D eigenvalue weighted by atomic mass is 15.2. The van der Waals surface area contributed by atoms with Gasteiger partial charge in [-0.3, -0.25) is 0 Å². The zero-order valence-corrected chi connectivity index (χ0v) is 33.0. The van der Waals surface area contributed by atoms with Crippen LogP contribution in [0.2, 0.25) is 0 Å². The van der Waals surface area contributed by atoms with E-state index in [-0.39, 0.29) is 5.41 Å². The highest BCUT2D eigenvalue weighted by Gasteiger charge is 2.35. The van der Waals surface area contributed by atoms with Crippen LogP contribution >= 0.6 is 0 Å². The van der Waals surface area contributed by atoms with Gasteiger partial charge in [-0.2, -0.15) is 5.10 Å². The van der Waals surface area contributed by atoms with Crippen LogP contribution in [-0.4, -0.2) is 9.61 Å². The molecule has 10 aromatic rings. The second-order valence-electron chi connectivity index (χ2n) is 16.0. The summed E-state index contributed by atoms with van der Waals surface area (Å²) in [5.74, 6) is 0. The number of benzene rings is 8. The first-order valence-corrected chi connectivity index (χ1v) is 20.4. The Balaban J connectivity index is 1.08. The Bertz CT molecular complexity index is 3140. The summed E-state index contributed by atoms with van der Waals surface area (Å²) in [4.78, 5) is 2.39. The lowest BCUT2D eigenvalue weighted by atomic mass is 9.82. The lowest BCUT2D eigenvalue weighted by Gasteiger charge is -2.28. The van der Waals surface area contributed by atoms with Gasteiger partial charge in [0.2, 0.25) is 0 Å². The lowest BCUT2D eigenvalue weighted by Crippen LogP contribution is -2.16. The largest absolute Gasteiger partial charge is 0.310 e. The maximum Gasteiger partial charge on any atom is 0.101 e. The molecule has 0 fully saturated rings. The van der Waals surface area contributed by atoms with Crippen molar-refractivity contribution in [2.75, 3.05) is 4.90 Å². The van der Waals surface area contributed by atoms with Crippen molar-refractivity contribution < 1.29 is 0 Å². The average Bonchev–Trinajstić information content (AvgIpc) is 3.81. The smallest absolute Gasteiger partial charge is 0.101 e. The number of anilines is 3. The first-order chi connectivity index (χ1) is 29.0. The molecule has 3 nitrogen and oxygen atoms in total. The third kappa shape index (κ3) is 5.77. The summed E-state index contributed by atoms with van der Waals surface area (Å²) >= 11 is 0. The minimum absolute atomic E-state index is 0.117. The van der Waals surface area contributed by atoms with Crippen LogP contribution in [0.3, 0.4) is 0 Å². The minimum Gasteiger partial charge on any atom is -0.310 e. The van der Waals surface area contributed by atoms with Crippen LogP contribution in [0, 0.1) is 0 Å². The maximum absolute atomic E-state index is 5.49. The van der Waals surface area contributed by atoms with E-state index in [1.807, 2.05) is 0 Å². The molecular weight excluding hydrogens is 715 g/mol. The van der Waals surface area contributed by atoms with Crippen LogP contribution in [0.25, 0.3) is 72.2 Å². The van der Waals surface area contributed by atoms with Gasteiger partial charge < -0.3 is 4.90 Å². The molecule has 1 aliphatic rings. The first kappa shape index (κ1) is 34.7. The summed E-state index contributed by atoms with van der Waals surface area (Å²) in [6, 6.07) is 76.6. The monoisotopic (exact) mass is 755 g/mol. The second-order valence-corrected chi connectivity index (χ2v) is 16.0. The highest BCUT2D eigenvalue weighted by molar-refractivity contribution is 6.08. The SMILES string of the molecule is CC1(C)c2ccccc2-c2ccc(N(c3ccc(-c4ccccc4)cc3)c3ccc(-c4nn5c(-c6ccccc6)cc6ccccc6c5c4-c4ccccc4)cc3)cc21. The predicted molar refractivity (Wildman–Crippen MR) is 247 cm³/mol. The zero-order valence-electron chi connectivity index (χ0n) is 33.0. The Hall–Kier alpha value is -7.49. The van der Waals surface area contributed by atoms with Gasteiger partial charge in [0, 0.05) is 44.6 Å². The predicted octanol–water partition coefficient (Wildman–Crippen LogP) is 14.9. The number of rotatable bonds is 7. The molecule has 0 saturated heterocycles. The molecule has 3 heteroatoms. The molecule has 280 valence electrons. The molecule has 0 atom stereocenters. The Labute approximate surface area is 345 Å². The molecule has 59 heavy (non-hydrogen) atoms. The van der Waals surface area contributed by atoms with Gasteiger partial charge >= 0.3 is 0 Å². The number of pyridine rings is 1. The van der Waals surface area contributed by atoms with Crippen LogP contribution in [0.4, 0.5) is 17.1 Å². The van der Waals surface area contributed by atoms with Gasteiger partial charge in [0.25, 0.3) is 0 Å². The summed E-state index contributed by atoms with van der Waals surface area (Å²) in [6.07, 6.45) is 0. The maximum atomic E-state index is 5.49. The third-order valence-corrected chi connectivity index (χ3v) is 12.2. The van der Waals surface area contributed by atoms with E-state index in [0.717, 1.165) is 56.2 Å². The van der Waals surface area contributed by atoms with Crippen molar-refractivity contribution in [3.63, 3.8) is 0 Å². The molecule has 0 saturated carbocycles. The van der Waals surface area contributed by atoms with E-state index in [4.69, 9.17) is 5.10 Å². The van der Waals surface area contributed by atoms with E-state index < -0.39 is 0 Å². The molecule has 11 rings (SSSR count). The molecule has 0 N–H and O–H groups in total. The van der Waals surface area contributed by atoms with E-state index in [9.17, 15) is 0 Å². The molecule has 0 unspecified atom stereocenters. The molecular formula is C56H41N3. The van der Waals surface area contributed by atoms with Crippen molar-refractivity contribution in [1.82, 2.24) is 9.61 Å². The van der Waals surface area contributed by atoms with E-state index in [0.29, 0.717) is 0 Å². The summed E-state index contributed by atoms with van der Waals surface area (Å²) < 4.78 is 2.16. The zero-order chi connectivity index (χ0) is 39.5. The Morgan fingerprint density at radius 3 is 1.64 bits per heavy atom. The lowest BCUT2D eigenvalue weighted by molar-refractivity contribution is 0.660. The Morgan fingerprint density at radius 1 is 0.424 bits per heavy atom. The van der Waals surface area contributed by atoms with Gasteiger partial charge in [-0.15, -0.1) is 0 Å². The molecule has 1 aliphatic carbocycles. The number of hydrogen-bond donors (Lipinski definition) is 0. The van der Waals surface area contributed by atoms with Crippen molar-refractivity contribution in [1.29, 1.82) is 0 Å². The minimum atomic E-state index is -0.117. The van der Waals surface area contributed by atoms with Crippen molar-refractivity contribution in [3.8, 4) is 55.9 Å². The van der Waals surface area contributed by atoms with Crippen LogP contribution in [0.1, 0.15) is 25.0 Å².